The van der Waals surface area contributed by atoms with Gasteiger partial charge in [0.1, 0.15) is 5.82 Å². The highest BCUT2D eigenvalue weighted by atomic mass is 19.1. The van der Waals surface area contributed by atoms with E-state index >= 15 is 0 Å². The molecule has 1 atom stereocenters. The third-order valence-corrected chi connectivity index (χ3v) is 6.46. The maximum absolute atomic E-state index is 13.0. The van der Waals surface area contributed by atoms with Crippen LogP contribution in [0.3, 0.4) is 0 Å². The molecule has 1 amide bonds. The molecule has 4 aliphatic rings. The number of halogens is 1. The van der Waals surface area contributed by atoms with Gasteiger partial charge in [-0.05, 0) is 92.9 Å². The first-order chi connectivity index (χ1) is 10.5. The standard InChI is InChI=1S/C19H24FNO/c1-12(21-18(22)16-2-4-17(20)5-3-16)19-9-13-6-14(10-19)8-15(7-13)11-19/h2-5,12-15H,6-11H2,1H3,(H,21,22)/t12-,13?,14?,15?,19?/m1/s1. The van der Waals surface area contributed by atoms with Crippen LogP contribution in [0.25, 0.3) is 0 Å². The van der Waals surface area contributed by atoms with Crippen LogP contribution in [0, 0.1) is 29.0 Å². The fourth-order valence-corrected chi connectivity index (χ4v) is 5.74. The van der Waals surface area contributed by atoms with Crippen molar-refractivity contribution in [1.82, 2.24) is 5.32 Å². The van der Waals surface area contributed by atoms with Crippen LogP contribution in [0.5, 0.6) is 0 Å². The van der Waals surface area contributed by atoms with Gasteiger partial charge in [-0.2, -0.15) is 0 Å². The van der Waals surface area contributed by atoms with Gasteiger partial charge >= 0.3 is 0 Å². The molecule has 0 aromatic heterocycles. The Kier molecular flexibility index (Phi) is 3.28. The van der Waals surface area contributed by atoms with Crippen molar-refractivity contribution in [2.75, 3.05) is 0 Å². The minimum atomic E-state index is -0.300. The molecule has 4 aliphatic carbocycles. The molecule has 4 bridgehead atoms. The van der Waals surface area contributed by atoms with E-state index in [9.17, 15) is 9.18 Å². The second-order valence-electron chi connectivity index (χ2n) is 7.98. The average Bonchev–Trinajstić information content (AvgIpc) is 2.46. The van der Waals surface area contributed by atoms with Gasteiger partial charge in [0.15, 0.2) is 0 Å². The summed E-state index contributed by atoms with van der Waals surface area (Å²) in [5, 5.41) is 3.21. The van der Waals surface area contributed by atoms with Crippen molar-refractivity contribution in [3.63, 3.8) is 0 Å². The number of hydrogen-bond donors (Lipinski definition) is 1. The number of rotatable bonds is 3. The van der Waals surface area contributed by atoms with E-state index in [1.165, 1.54) is 50.7 Å². The molecular weight excluding hydrogens is 277 g/mol. The summed E-state index contributed by atoms with van der Waals surface area (Å²) in [5.41, 5.74) is 0.864. The summed E-state index contributed by atoms with van der Waals surface area (Å²) < 4.78 is 13.0. The summed E-state index contributed by atoms with van der Waals surface area (Å²) in [6, 6.07) is 6.04. The molecule has 0 aliphatic heterocycles. The van der Waals surface area contributed by atoms with E-state index in [2.05, 4.69) is 12.2 Å². The maximum atomic E-state index is 13.0. The van der Waals surface area contributed by atoms with Crippen LogP contribution in [-0.4, -0.2) is 11.9 Å². The lowest BCUT2D eigenvalue weighted by Gasteiger charge is -2.59. The Bertz CT molecular complexity index is 544. The van der Waals surface area contributed by atoms with E-state index in [4.69, 9.17) is 0 Å². The second kappa shape index (κ2) is 5.07. The molecule has 5 rings (SSSR count). The van der Waals surface area contributed by atoms with Crippen LogP contribution in [0.4, 0.5) is 4.39 Å². The zero-order valence-corrected chi connectivity index (χ0v) is 13.1. The van der Waals surface area contributed by atoms with E-state index in [0.717, 1.165) is 17.8 Å². The zero-order valence-electron chi connectivity index (χ0n) is 13.1. The Balaban J connectivity index is 1.49. The molecular formula is C19H24FNO. The predicted octanol–water partition coefficient (Wildman–Crippen LogP) is 4.16. The Labute approximate surface area is 131 Å². The van der Waals surface area contributed by atoms with E-state index < -0.39 is 0 Å². The third kappa shape index (κ3) is 2.35. The average molecular weight is 301 g/mol. The molecule has 1 N–H and O–H groups in total. The molecule has 0 radical (unpaired) electrons. The molecule has 3 heteroatoms. The minimum absolute atomic E-state index is 0.0664. The number of hydrogen-bond acceptors (Lipinski definition) is 1. The summed E-state index contributed by atoms with van der Waals surface area (Å²) in [6.45, 7) is 2.18. The van der Waals surface area contributed by atoms with Crippen LogP contribution in [0.15, 0.2) is 24.3 Å². The molecule has 1 aromatic rings. The number of benzene rings is 1. The molecule has 118 valence electrons. The van der Waals surface area contributed by atoms with Crippen molar-refractivity contribution in [3.8, 4) is 0 Å². The Morgan fingerprint density at radius 3 is 2.09 bits per heavy atom. The summed E-state index contributed by atoms with van der Waals surface area (Å²) >= 11 is 0. The Morgan fingerprint density at radius 1 is 1.09 bits per heavy atom. The van der Waals surface area contributed by atoms with E-state index in [1.807, 2.05) is 0 Å². The van der Waals surface area contributed by atoms with Crippen LogP contribution in [-0.2, 0) is 0 Å². The molecule has 0 spiro atoms. The molecule has 4 fully saturated rings. The third-order valence-electron chi connectivity index (χ3n) is 6.46. The lowest BCUT2D eigenvalue weighted by atomic mass is 9.48. The van der Waals surface area contributed by atoms with Gasteiger partial charge < -0.3 is 5.32 Å². The van der Waals surface area contributed by atoms with Gasteiger partial charge in [0.2, 0.25) is 0 Å². The Morgan fingerprint density at radius 2 is 1.59 bits per heavy atom. The topological polar surface area (TPSA) is 29.1 Å². The van der Waals surface area contributed by atoms with E-state index in [-0.39, 0.29) is 17.8 Å². The fraction of sp³-hybridized carbons (Fsp3) is 0.632. The highest BCUT2D eigenvalue weighted by Gasteiger charge is 2.53. The lowest BCUT2D eigenvalue weighted by molar-refractivity contribution is -0.0688. The number of nitrogens with one attached hydrogen (secondary N) is 1. The van der Waals surface area contributed by atoms with Gasteiger partial charge in [0.25, 0.3) is 5.91 Å². The maximum Gasteiger partial charge on any atom is 0.251 e. The molecule has 22 heavy (non-hydrogen) atoms. The van der Waals surface area contributed by atoms with Crippen LogP contribution in [0.2, 0.25) is 0 Å². The fourth-order valence-electron chi connectivity index (χ4n) is 5.74. The smallest absolute Gasteiger partial charge is 0.251 e. The quantitative estimate of drug-likeness (QED) is 0.892. The first kappa shape index (κ1) is 14.2. The van der Waals surface area contributed by atoms with Crippen molar-refractivity contribution in [2.45, 2.75) is 51.5 Å². The highest BCUT2D eigenvalue weighted by Crippen LogP contribution is 2.61. The second-order valence-corrected chi connectivity index (χ2v) is 7.98. The van der Waals surface area contributed by atoms with Gasteiger partial charge in [-0.1, -0.05) is 0 Å². The SMILES string of the molecule is C[C@@H](NC(=O)c1ccc(F)cc1)C12CC3CC(CC(C3)C1)C2. The first-order valence-corrected chi connectivity index (χ1v) is 8.60. The van der Waals surface area contributed by atoms with Gasteiger partial charge in [0.05, 0.1) is 0 Å². The van der Waals surface area contributed by atoms with Crippen molar-refractivity contribution >= 4 is 5.91 Å². The van der Waals surface area contributed by atoms with Crippen LogP contribution in [0.1, 0.15) is 55.8 Å². The van der Waals surface area contributed by atoms with Gasteiger partial charge in [0, 0.05) is 11.6 Å². The lowest BCUT2D eigenvalue weighted by Crippen LogP contribution is -2.55. The molecule has 0 saturated heterocycles. The van der Waals surface area contributed by atoms with Gasteiger partial charge in [-0.3, -0.25) is 4.79 Å². The number of amides is 1. The van der Waals surface area contributed by atoms with Crippen molar-refractivity contribution in [2.24, 2.45) is 23.2 Å². The van der Waals surface area contributed by atoms with Gasteiger partial charge in [-0.15, -0.1) is 0 Å². The molecule has 0 heterocycles. The Hall–Kier alpha value is -1.38. The van der Waals surface area contributed by atoms with Crippen LogP contribution >= 0.6 is 0 Å². The van der Waals surface area contributed by atoms with E-state index in [1.54, 1.807) is 12.1 Å². The zero-order chi connectivity index (χ0) is 15.3. The normalized spacial score (nSPS) is 37.1. The molecule has 1 aromatic carbocycles. The highest BCUT2D eigenvalue weighted by molar-refractivity contribution is 5.94. The first-order valence-electron chi connectivity index (χ1n) is 8.60. The monoisotopic (exact) mass is 301 g/mol. The van der Waals surface area contributed by atoms with Crippen LogP contribution < -0.4 is 5.32 Å². The predicted molar refractivity (Wildman–Crippen MR) is 83.9 cm³/mol. The summed E-state index contributed by atoms with van der Waals surface area (Å²) in [4.78, 5) is 12.4. The van der Waals surface area contributed by atoms with Crippen molar-refractivity contribution in [1.29, 1.82) is 0 Å². The number of carbonyl (C=O) groups excluding carboxylic acids is 1. The summed E-state index contributed by atoms with van der Waals surface area (Å²) in [6.07, 6.45) is 8.09. The number of carbonyl (C=O) groups is 1. The summed E-state index contributed by atoms with van der Waals surface area (Å²) in [5.74, 6) is 2.29. The van der Waals surface area contributed by atoms with Gasteiger partial charge in [-0.25, -0.2) is 4.39 Å². The largest absolute Gasteiger partial charge is 0.349 e. The molecule has 0 unspecified atom stereocenters. The van der Waals surface area contributed by atoms with Crippen molar-refractivity contribution < 1.29 is 9.18 Å². The molecule has 4 saturated carbocycles. The molecule has 2 nitrogen and oxygen atoms in total. The minimum Gasteiger partial charge on any atom is -0.349 e. The summed E-state index contributed by atoms with van der Waals surface area (Å²) in [7, 11) is 0. The van der Waals surface area contributed by atoms with Crippen molar-refractivity contribution in [3.05, 3.63) is 35.6 Å². The van der Waals surface area contributed by atoms with E-state index in [0.29, 0.717) is 11.0 Å².